The maximum atomic E-state index is 12.6. The molecule has 0 unspecified atom stereocenters. The van der Waals surface area contributed by atoms with E-state index in [0.29, 0.717) is 5.56 Å². The average Bonchev–Trinajstić information content (AvgIpc) is 2.73. The third kappa shape index (κ3) is 6.12. The van der Waals surface area contributed by atoms with Gasteiger partial charge in [-0.15, -0.1) is 0 Å². The Morgan fingerprint density at radius 2 is 1.61 bits per heavy atom. The fourth-order valence-corrected chi connectivity index (χ4v) is 4.24. The Labute approximate surface area is 189 Å². The summed E-state index contributed by atoms with van der Waals surface area (Å²) < 4.78 is 27.6. The second-order valence-corrected chi connectivity index (χ2v) is 8.91. The first kappa shape index (κ1) is 22.4. The van der Waals surface area contributed by atoms with E-state index in [-0.39, 0.29) is 38.4 Å². The first-order chi connectivity index (χ1) is 14.8. The van der Waals surface area contributed by atoms with Crippen molar-refractivity contribution in [1.29, 1.82) is 5.26 Å². The molecule has 0 aliphatic rings. The van der Waals surface area contributed by atoms with Crippen LogP contribution >= 0.6 is 23.2 Å². The van der Waals surface area contributed by atoms with Gasteiger partial charge in [-0.1, -0.05) is 59.6 Å². The van der Waals surface area contributed by atoms with Gasteiger partial charge in [-0.05, 0) is 35.9 Å². The second kappa shape index (κ2) is 9.71. The van der Waals surface area contributed by atoms with Crippen molar-refractivity contribution in [3.8, 4) is 6.07 Å². The van der Waals surface area contributed by atoms with Crippen LogP contribution in [0, 0.1) is 11.3 Å². The number of hydrogen-bond acceptors (Lipinski definition) is 4. The number of benzene rings is 3. The standard InChI is InChI=1S/C21H16Cl2N4O3S/c22-16-7-4-8-18(20(16)23)25-21(28)26-19-11-15(12-24)9-10-17(19)27-31(29,30)13-14-5-2-1-3-6-14/h1-11,27H,13H2,(H2,25,26,28). The largest absolute Gasteiger partial charge is 0.323 e. The molecular weight excluding hydrogens is 459 g/mol. The van der Waals surface area contributed by atoms with Crippen molar-refractivity contribution in [2.24, 2.45) is 0 Å². The Morgan fingerprint density at radius 1 is 0.903 bits per heavy atom. The van der Waals surface area contributed by atoms with Gasteiger partial charge in [-0.2, -0.15) is 5.26 Å². The van der Waals surface area contributed by atoms with E-state index < -0.39 is 16.1 Å². The first-order valence-electron chi connectivity index (χ1n) is 8.88. The molecule has 31 heavy (non-hydrogen) atoms. The highest BCUT2D eigenvalue weighted by molar-refractivity contribution is 7.91. The number of anilines is 3. The van der Waals surface area contributed by atoms with Crippen molar-refractivity contribution in [2.45, 2.75) is 5.75 Å². The maximum absolute atomic E-state index is 12.6. The highest BCUT2D eigenvalue weighted by Gasteiger charge is 2.16. The summed E-state index contributed by atoms with van der Waals surface area (Å²) in [6.45, 7) is 0. The van der Waals surface area contributed by atoms with Crippen molar-refractivity contribution < 1.29 is 13.2 Å². The molecule has 0 aliphatic heterocycles. The van der Waals surface area contributed by atoms with Gasteiger partial charge in [0.15, 0.2) is 0 Å². The fraction of sp³-hybridized carbons (Fsp3) is 0.0476. The lowest BCUT2D eigenvalue weighted by Gasteiger charge is -2.15. The summed E-state index contributed by atoms with van der Waals surface area (Å²) in [6.07, 6.45) is 0. The maximum Gasteiger partial charge on any atom is 0.323 e. The number of nitrogens with one attached hydrogen (secondary N) is 3. The van der Waals surface area contributed by atoms with Gasteiger partial charge in [0.25, 0.3) is 0 Å². The SMILES string of the molecule is N#Cc1ccc(NS(=O)(=O)Cc2ccccc2)c(NC(=O)Nc2cccc(Cl)c2Cl)c1. The van der Waals surface area contributed by atoms with Crippen LogP contribution in [-0.2, 0) is 15.8 Å². The molecule has 0 aliphatic carbocycles. The molecule has 7 nitrogen and oxygen atoms in total. The summed E-state index contributed by atoms with van der Waals surface area (Å²) in [5.41, 5.74) is 1.33. The van der Waals surface area contributed by atoms with Gasteiger partial charge < -0.3 is 10.6 Å². The van der Waals surface area contributed by atoms with Crippen LogP contribution in [0.15, 0.2) is 66.7 Å². The molecular formula is C21H16Cl2N4O3S. The predicted molar refractivity (Wildman–Crippen MR) is 123 cm³/mol. The molecule has 0 bridgehead atoms. The zero-order chi connectivity index (χ0) is 22.4. The number of amides is 2. The number of carbonyl (C=O) groups excluding carboxylic acids is 1. The van der Waals surface area contributed by atoms with Crippen LogP contribution in [0.5, 0.6) is 0 Å². The Bertz CT molecular complexity index is 1260. The van der Waals surface area contributed by atoms with Gasteiger partial charge in [0.1, 0.15) is 0 Å². The molecule has 3 aromatic rings. The molecule has 0 heterocycles. The average molecular weight is 475 g/mol. The van der Waals surface area contributed by atoms with Gasteiger partial charge in [0, 0.05) is 0 Å². The summed E-state index contributed by atoms with van der Waals surface area (Å²) in [7, 11) is -3.78. The van der Waals surface area contributed by atoms with Gasteiger partial charge >= 0.3 is 6.03 Å². The number of carbonyl (C=O) groups is 1. The highest BCUT2D eigenvalue weighted by Crippen LogP contribution is 2.30. The molecule has 0 atom stereocenters. The number of nitriles is 1. The first-order valence-corrected chi connectivity index (χ1v) is 11.3. The molecule has 0 saturated heterocycles. The summed E-state index contributed by atoms with van der Waals surface area (Å²) in [5.74, 6) is -0.252. The van der Waals surface area contributed by atoms with E-state index in [1.807, 2.05) is 6.07 Å². The van der Waals surface area contributed by atoms with Gasteiger partial charge in [-0.3, -0.25) is 4.72 Å². The van der Waals surface area contributed by atoms with Crippen LogP contribution in [0.4, 0.5) is 21.9 Å². The molecule has 3 aromatic carbocycles. The normalized spacial score (nSPS) is 10.7. The number of hydrogen-bond donors (Lipinski definition) is 3. The molecule has 0 spiro atoms. The molecule has 158 valence electrons. The van der Waals surface area contributed by atoms with E-state index in [1.165, 1.54) is 18.2 Å². The molecule has 0 radical (unpaired) electrons. The minimum atomic E-state index is -3.78. The van der Waals surface area contributed by atoms with Crippen LogP contribution in [0.25, 0.3) is 0 Å². The molecule has 3 N–H and O–H groups in total. The molecule has 0 aromatic heterocycles. The van der Waals surface area contributed by atoms with Crippen LogP contribution in [0.2, 0.25) is 10.0 Å². The summed E-state index contributed by atoms with van der Waals surface area (Å²) in [4.78, 5) is 12.5. The Morgan fingerprint density at radius 3 is 2.32 bits per heavy atom. The third-order valence-electron chi connectivity index (χ3n) is 4.06. The summed E-state index contributed by atoms with van der Waals surface area (Å²) >= 11 is 12.0. The van der Waals surface area contributed by atoms with Crippen molar-refractivity contribution in [3.63, 3.8) is 0 Å². The third-order valence-corrected chi connectivity index (χ3v) is 6.12. The van der Waals surface area contributed by atoms with E-state index in [2.05, 4.69) is 15.4 Å². The van der Waals surface area contributed by atoms with E-state index in [0.717, 1.165) is 0 Å². The summed E-state index contributed by atoms with van der Waals surface area (Å²) in [5, 5.41) is 14.7. The van der Waals surface area contributed by atoms with E-state index in [1.54, 1.807) is 48.5 Å². The molecule has 10 heteroatoms. The molecule has 2 amide bonds. The topological polar surface area (TPSA) is 111 Å². The van der Waals surface area contributed by atoms with Crippen LogP contribution in [0.1, 0.15) is 11.1 Å². The van der Waals surface area contributed by atoms with Crippen LogP contribution in [-0.4, -0.2) is 14.4 Å². The zero-order valence-electron chi connectivity index (χ0n) is 15.9. The number of halogens is 2. The Hall–Kier alpha value is -3.25. The number of rotatable bonds is 6. The monoisotopic (exact) mass is 474 g/mol. The lowest BCUT2D eigenvalue weighted by atomic mass is 10.2. The van der Waals surface area contributed by atoms with Gasteiger partial charge in [0.2, 0.25) is 10.0 Å². The quantitative estimate of drug-likeness (QED) is 0.440. The van der Waals surface area contributed by atoms with Crippen LogP contribution < -0.4 is 15.4 Å². The molecule has 0 fully saturated rings. The second-order valence-electron chi connectivity index (χ2n) is 6.40. The van der Waals surface area contributed by atoms with Crippen molar-refractivity contribution in [1.82, 2.24) is 0 Å². The van der Waals surface area contributed by atoms with Gasteiger partial charge in [0.05, 0.1) is 44.5 Å². The van der Waals surface area contributed by atoms with Gasteiger partial charge in [-0.25, -0.2) is 13.2 Å². The zero-order valence-corrected chi connectivity index (χ0v) is 18.2. The van der Waals surface area contributed by atoms with E-state index >= 15 is 0 Å². The van der Waals surface area contributed by atoms with Crippen LogP contribution in [0.3, 0.4) is 0 Å². The number of urea groups is 1. The Kier molecular flexibility index (Phi) is 7.02. The van der Waals surface area contributed by atoms with Crippen molar-refractivity contribution in [3.05, 3.63) is 87.9 Å². The van der Waals surface area contributed by atoms with E-state index in [9.17, 15) is 13.2 Å². The Balaban J connectivity index is 1.82. The highest BCUT2D eigenvalue weighted by atomic mass is 35.5. The minimum Gasteiger partial charge on any atom is -0.306 e. The van der Waals surface area contributed by atoms with Crippen molar-refractivity contribution in [2.75, 3.05) is 15.4 Å². The van der Waals surface area contributed by atoms with E-state index in [4.69, 9.17) is 28.5 Å². The minimum absolute atomic E-state index is 0.103. The van der Waals surface area contributed by atoms with Crippen molar-refractivity contribution >= 4 is 56.3 Å². The molecule has 0 saturated carbocycles. The lowest BCUT2D eigenvalue weighted by Crippen LogP contribution is -2.22. The predicted octanol–water partition coefficient (Wildman–Crippen LogP) is 5.45. The molecule has 3 rings (SSSR count). The lowest BCUT2D eigenvalue weighted by molar-refractivity contribution is 0.262. The summed E-state index contributed by atoms with van der Waals surface area (Å²) in [6, 6.07) is 18.9. The number of sulfonamides is 1. The number of nitrogens with zero attached hydrogens (tertiary/aromatic N) is 1. The smallest absolute Gasteiger partial charge is 0.306 e. The fourth-order valence-electron chi connectivity index (χ4n) is 2.68.